The fourth-order valence-corrected chi connectivity index (χ4v) is 2.04. The van der Waals surface area contributed by atoms with Crippen LogP contribution in [0.15, 0.2) is 48.8 Å². The zero-order valence-electron chi connectivity index (χ0n) is 12.6. The van der Waals surface area contributed by atoms with E-state index in [0.717, 1.165) is 18.0 Å². The Morgan fingerprint density at radius 2 is 1.88 bits per heavy atom. The van der Waals surface area contributed by atoms with Crippen molar-refractivity contribution in [3.05, 3.63) is 60.2 Å². The normalized spacial score (nSPS) is 12.8. The van der Waals surface area contributed by atoms with Gasteiger partial charge in [0.2, 0.25) is 5.95 Å². The first kappa shape index (κ1) is 15.9. The van der Waals surface area contributed by atoms with E-state index >= 15 is 0 Å². The molecule has 0 aliphatic carbocycles. The quantitative estimate of drug-likeness (QED) is 0.793. The lowest BCUT2D eigenvalue weighted by atomic mass is 10.2. The van der Waals surface area contributed by atoms with E-state index in [1.807, 2.05) is 30.3 Å². The Morgan fingerprint density at radius 1 is 1.12 bits per heavy atom. The highest BCUT2D eigenvalue weighted by Crippen LogP contribution is 2.28. The molecule has 0 aliphatic rings. The molecule has 0 bridgehead atoms. The molecule has 1 atom stereocenters. The summed E-state index contributed by atoms with van der Waals surface area (Å²) in [5, 5.41) is 10.8. The highest BCUT2D eigenvalue weighted by Gasteiger charge is 2.32. The summed E-state index contributed by atoms with van der Waals surface area (Å²) < 4.78 is 39.6. The van der Waals surface area contributed by atoms with Crippen LogP contribution in [0.4, 0.5) is 19.1 Å². The lowest BCUT2D eigenvalue weighted by Crippen LogP contribution is -2.14. The van der Waals surface area contributed by atoms with Crippen molar-refractivity contribution >= 4 is 5.95 Å². The number of rotatable bonds is 4. The first-order valence-electron chi connectivity index (χ1n) is 7.08. The van der Waals surface area contributed by atoms with Crippen molar-refractivity contribution in [1.82, 2.24) is 25.0 Å². The minimum absolute atomic E-state index is 0.119. The third-order valence-corrected chi connectivity index (χ3v) is 3.27. The second-order valence-electron chi connectivity index (χ2n) is 5.05. The van der Waals surface area contributed by atoms with Crippen molar-refractivity contribution in [2.24, 2.45) is 0 Å². The van der Waals surface area contributed by atoms with Gasteiger partial charge in [0.05, 0.1) is 17.9 Å². The highest BCUT2D eigenvalue weighted by molar-refractivity contribution is 5.32. The molecule has 0 spiro atoms. The molecule has 6 nitrogen and oxygen atoms in total. The smallest absolute Gasteiger partial charge is 0.346 e. The van der Waals surface area contributed by atoms with Gasteiger partial charge in [0.15, 0.2) is 0 Å². The predicted octanol–water partition coefficient (Wildman–Crippen LogP) is 3.25. The van der Waals surface area contributed by atoms with E-state index in [0.29, 0.717) is 5.69 Å². The summed E-state index contributed by atoms with van der Waals surface area (Å²) in [7, 11) is 0. The Bertz CT molecular complexity index is 815. The van der Waals surface area contributed by atoms with Crippen molar-refractivity contribution in [1.29, 1.82) is 0 Å². The number of aromatic nitrogens is 5. The first-order chi connectivity index (χ1) is 11.4. The van der Waals surface area contributed by atoms with E-state index in [9.17, 15) is 13.2 Å². The van der Waals surface area contributed by atoms with Gasteiger partial charge in [-0.15, -0.1) is 5.10 Å². The monoisotopic (exact) mass is 334 g/mol. The number of halogens is 3. The number of hydrogen-bond acceptors (Lipinski definition) is 5. The van der Waals surface area contributed by atoms with Crippen molar-refractivity contribution in [2.45, 2.75) is 19.1 Å². The second kappa shape index (κ2) is 6.26. The minimum Gasteiger partial charge on any atom is -0.346 e. The van der Waals surface area contributed by atoms with E-state index in [1.54, 1.807) is 17.8 Å². The van der Waals surface area contributed by atoms with E-state index in [-0.39, 0.29) is 5.95 Å². The summed E-state index contributed by atoms with van der Waals surface area (Å²) in [4.78, 5) is 7.28. The number of hydrogen-bond donors (Lipinski definition) is 1. The topological polar surface area (TPSA) is 68.5 Å². The molecule has 1 unspecified atom stereocenters. The molecule has 1 aromatic carbocycles. The molecule has 0 saturated heterocycles. The van der Waals surface area contributed by atoms with E-state index in [4.69, 9.17) is 0 Å². The maximum absolute atomic E-state index is 12.7. The number of para-hydroxylation sites is 1. The van der Waals surface area contributed by atoms with Crippen molar-refractivity contribution in [2.75, 3.05) is 5.32 Å². The number of nitrogens with zero attached hydrogens (tertiary/aromatic N) is 5. The van der Waals surface area contributed by atoms with Gasteiger partial charge in [-0.25, -0.2) is 14.6 Å². The van der Waals surface area contributed by atoms with Gasteiger partial charge in [-0.05, 0) is 25.1 Å². The highest BCUT2D eigenvalue weighted by atomic mass is 19.4. The molecule has 9 heteroatoms. The largest absolute Gasteiger partial charge is 0.433 e. The van der Waals surface area contributed by atoms with Gasteiger partial charge in [0, 0.05) is 6.20 Å². The Labute approximate surface area is 135 Å². The van der Waals surface area contributed by atoms with Crippen LogP contribution in [0, 0.1) is 0 Å². The first-order valence-corrected chi connectivity index (χ1v) is 7.08. The average Bonchev–Trinajstić information content (AvgIpc) is 3.05. The molecule has 3 rings (SSSR count). The summed E-state index contributed by atoms with van der Waals surface area (Å²) in [6.07, 6.45) is -1.76. The summed E-state index contributed by atoms with van der Waals surface area (Å²) in [5.74, 6) is -0.119. The predicted molar refractivity (Wildman–Crippen MR) is 80.4 cm³/mol. The molecular weight excluding hydrogens is 321 g/mol. The molecule has 124 valence electrons. The van der Waals surface area contributed by atoms with Gasteiger partial charge < -0.3 is 5.32 Å². The van der Waals surface area contributed by atoms with Crippen LogP contribution in [0.5, 0.6) is 0 Å². The molecule has 1 N–H and O–H groups in total. The van der Waals surface area contributed by atoms with Gasteiger partial charge in [-0.1, -0.05) is 23.4 Å². The molecule has 0 fully saturated rings. The van der Waals surface area contributed by atoms with Gasteiger partial charge in [-0.2, -0.15) is 13.2 Å². The molecule has 2 aromatic heterocycles. The van der Waals surface area contributed by atoms with Gasteiger partial charge in [-0.3, -0.25) is 0 Å². The number of benzene rings is 1. The third kappa shape index (κ3) is 3.50. The maximum atomic E-state index is 12.7. The Hall–Kier alpha value is -2.97. The Kier molecular flexibility index (Phi) is 4.15. The van der Waals surface area contributed by atoms with Gasteiger partial charge in [0.25, 0.3) is 0 Å². The van der Waals surface area contributed by atoms with Crippen LogP contribution >= 0.6 is 0 Å². The van der Waals surface area contributed by atoms with Gasteiger partial charge >= 0.3 is 6.18 Å². The van der Waals surface area contributed by atoms with Crippen molar-refractivity contribution < 1.29 is 13.2 Å². The van der Waals surface area contributed by atoms with Crippen LogP contribution in [0.3, 0.4) is 0 Å². The number of anilines is 1. The summed E-state index contributed by atoms with van der Waals surface area (Å²) >= 11 is 0. The van der Waals surface area contributed by atoms with E-state index < -0.39 is 17.9 Å². The summed E-state index contributed by atoms with van der Waals surface area (Å²) in [5.41, 5.74) is 0.388. The fraction of sp³-hybridized carbons (Fsp3) is 0.200. The van der Waals surface area contributed by atoms with Crippen LogP contribution in [0.25, 0.3) is 5.69 Å². The van der Waals surface area contributed by atoms with Crippen LogP contribution in [-0.2, 0) is 6.18 Å². The lowest BCUT2D eigenvalue weighted by molar-refractivity contribution is -0.141. The molecular formula is C15H13F3N6. The maximum Gasteiger partial charge on any atom is 0.433 e. The van der Waals surface area contributed by atoms with Crippen LogP contribution in [-0.4, -0.2) is 25.0 Å². The van der Waals surface area contributed by atoms with Crippen molar-refractivity contribution in [3.8, 4) is 5.69 Å². The fourth-order valence-electron chi connectivity index (χ4n) is 2.04. The van der Waals surface area contributed by atoms with Gasteiger partial charge in [0.1, 0.15) is 11.4 Å². The zero-order chi connectivity index (χ0) is 17.2. The summed E-state index contributed by atoms with van der Waals surface area (Å²) in [6, 6.07) is 9.77. The average molecular weight is 334 g/mol. The molecule has 2 heterocycles. The van der Waals surface area contributed by atoms with E-state index in [1.165, 1.54) is 0 Å². The minimum atomic E-state index is -4.51. The van der Waals surface area contributed by atoms with E-state index in [2.05, 4.69) is 25.6 Å². The third-order valence-electron chi connectivity index (χ3n) is 3.27. The second-order valence-corrected chi connectivity index (χ2v) is 5.05. The van der Waals surface area contributed by atoms with Crippen LogP contribution in [0.1, 0.15) is 24.4 Å². The molecule has 0 radical (unpaired) electrons. The summed E-state index contributed by atoms with van der Waals surface area (Å²) in [6.45, 7) is 1.74. The molecule has 3 aromatic rings. The Morgan fingerprint density at radius 3 is 2.58 bits per heavy atom. The lowest BCUT2D eigenvalue weighted by Gasteiger charge is -2.12. The zero-order valence-corrected chi connectivity index (χ0v) is 12.6. The Balaban J connectivity index is 1.76. The standard InChI is InChI=1S/C15H13F3N6/c1-10(20-14-19-8-7-13(21-14)15(16,17)18)12-9-24(23-22-12)11-5-3-2-4-6-11/h2-10H,1H3,(H,19,20,21). The van der Waals surface area contributed by atoms with Crippen LogP contribution in [0.2, 0.25) is 0 Å². The number of nitrogens with one attached hydrogen (secondary N) is 1. The molecule has 0 saturated carbocycles. The number of alkyl halides is 3. The SMILES string of the molecule is CC(Nc1nccc(C(F)(F)F)n1)c1cn(-c2ccccc2)nn1. The van der Waals surface area contributed by atoms with Crippen LogP contribution < -0.4 is 5.32 Å². The van der Waals surface area contributed by atoms with Crippen molar-refractivity contribution in [3.63, 3.8) is 0 Å². The molecule has 0 aliphatic heterocycles. The molecule has 24 heavy (non-hydrogen) atoms. The molecule has 0 amide bonds.